The first kappa shape index (κ1) is 18.1. The van der Waals surface area contributed by atoms with Crippen molar-refractivity contribution in [3.05, 3.63) is 82.3 Å². The lowest BCUT2D eigenvalue weighted by Gasteiger charge is -1.99. The van der Waals surface area contributed by atoms with E-state index in [4.69, 9.17) is 9.15 Å². The number of oxazole rings is 1. The standard InChI is InChI=1S/C22H15BrN2O3/c1-27-22(26)16-4-2-14(3-5-16)13-24-18-10-11-20-19(12-18)25-21(28-20)15-6-8-17(23)9-7-15/h2-13H,1H3. The van der Waals surface area contributed by atoms with Crippen LogP contribution in [0.5, 0.6) is 0 Å². The van der Waals surface area contributed by atoms with Crippen LogP contribution in [0.2, 0.25) is 0 Å². The number of ether oxygens (including phenoxy) is 1. The van der Waals surface area contributed by atoms with E-state index in [0.29, 0.717) is 17.0 Å². The second-order valence-electron chi connectivity index (χ2n) is 6.05. The van der Waals surface area contributed by atoms with Crippen molar-refractivity contribution < 1.29 is 13.9 Å². The van der Waals surface area contributed by atoms with Gasteiger partial charge in [-0.2, -0.15) is 0 Å². The molecule has 0 radical (unpaired) electrons. The summed E-state index contributed by atoms with van der Waals surface area (Å²) in [5.74, 6) is 0.212. The molecule has 0 spiro atoms. The highest BCUT2D eigenvalue weighted by Gasteiger charge is 2.09. The third-order valence-corrected chi connectivity index (χ3v) is 4.69. The molecule has 3 aromatic carbocycles. The number of rotatable bonds is 4. The van der Waals surface area contributed by atoms with Crippen molar-refractivity contribution in [3.63, 3.8) is 0 Å². The molecule has 0 aliphatic rings. The number of aliphatic imine (C=N–C) groups is 1. The molecule has 6 heteroatoms. The van der Waals surface area contributed by atoms with Crippen LogP contribution in [0.3, 0.4) is 0 Å². The molecule has 138 valence electrons. The molecular weight excluding hydrogens is 420 g/mol. The highest BCUT2D eigenvalue weighted by atomic mass is 79.9. The minimum atomic E-state index is -0.360. The van der Waals surface area contributed by atoms with Crippen molar-refractivity contribution in [2.24, 2.45) is 4.99 Å². The van der Waals surface area contributed by atoms with E-state index in [1.165, 1.54) is 7.11 Å². The summed E-state index contributed by atoms with van der Waals surface area (Å²) in [6, 6.07) is 20.5. The highest BCUT2D eigenvalue weighted by Crippen LogP contribution is 2.28. The monoisotopic (exact) mass is 434 g/mol. The third kappa shape index (κ3) is 3.87. The van der Waals surface area contributed by atoms with Gasteiger partial charge in [-0.1, -0.05) is 28.1 Å². The van der Waals surface area contributed by atoms with E-state index in [-0.39, 0.29) is 5.97 Å². The summed E-state index contributed by atoms with van der Waals surface area (Å²) in [5, 5.41) is 0. The normalized spacial score (nSPS) is 11.2. The van der Waals surface area contributed by atoms with Crippen LogP contribution in [0.25, 0.3) is 22.6 Å². The number of halogens is 1. The van der Waals surface area contributed by atoms with E-state index in [2.05, 4.69) is 25.9 Å². The zero-order chi connectivity index (χ0) is 19.5. The lowest BCUT2D eigenvalue weighted by molar-refractivity contribution is 0.0600. The van der Waals surface area contributed by atoms with Crippen LogP contribution >= 0.6 is 15.9 Å². The number of hydrogen-bond acceptors (Lipinski definition) is 5. The zero-order valence-corrected chi connectivity index (χ0v) is 16.5. The second kappa shape index (κ2) is 7.78. The van der Waals surface area contributed by atoms with Gasteiger partial charge in [0.25, 0.3) is 0 Å². The molecule has 0 fully saturated rings. The van der Waals surface area contributed by atoms with E-state index < -0.39 is 0 Å². The molecule has 28 heavy (non-hydrogen) atoms. The molecule has 4 rings (SSSR count). The Balaban J connectivity index is 1.56. The van der Waals surface area contributed by atoms with Crippen molar-refractivity contribution >= 4 is 44.9 Å². The van der Waals surface area contributed by atoms with Gasteiger partial charge in [-0.25, -0.2) is 9.78 Å². The summed E-state index contributed by atoms with van der Waals surface area (Å²) in [6.07, 6.45) is 1.73. The maximum Gasteiger partial charge on any atom is 0.337 e. The number of carbonyl (C=O) groups excluding carboxylic acids is 1. The van der Waals surface area contributed by atoms with Gasteiger partial charge >= 0.3 is 5.97 Å². The number of aromatic nitrogens is 1. The SMILES string of the molecule is COC(=O)c1ccc(C=Nc2ccc3oc(-c4ccc(Br)cc4)nc3c2)cc1. The van der Waals surface area contributed by atoms with Crippen molar-refractivity contribution in [2.45, 2.75) is 0 Å². The summed E-state index contributed by atoms with van der Waals surface area (Å²) < 4.78 is 11.5. The van der Waals surface area contributed by atoms with E-state index >= 15 is 0 Å². The zero-order valence-electron chi connectivity index (χ0n) is 14.9. The lowest BCUT2D eigenvalue weighted by atomic mass is 10.1. The average molecular weight is 435 g/mol. The van der Waals surface area contributed by atoms with Crippen LogP contribution < -0.4 is 0 Å². The van der Waals surface area contributed by atoms with E-state index in [1.807, 2.05) is 54.6 Å². The van der Waals surface area contributed by atoms with Crippen LogP contribution in [0.15, 0.2) is 80.6 Å². The molecule has 1 aromatic heterocycles. The molecule has 0 bridgehead atoms. The van der Waals surface area contributed by atoms with Crippen LogP contribution in [0.4, 0.5) is 5.69 Å². The number of fused-ring (bicyclic) bond motifs is 1. The molecule has 0 unspecified atom stereocenters. The predicted octanol–water partition coefficient (Wildman–Crippen LogP) is 5.79. The number of nitrogens with zero attached hydrogens (tertiary/aromatic N) is 2. The first-order valence-corrected chi connectivity index (χ1v) is 9.31. The summed E-state index contributed by atoms with van der Waals surface area (Å²) in [7, 11) is 1.36. The molecule has 0 aliphatic heterocycles. The molecule has 0 aliphatic carbocycles. The summed E-state index contributed by atoms with van der Waals surface area (Å²) in [6.45, 7) is 0. The minimum Gasteiger partial charge on any atom is -0.465 e. The van der Waals surface area contributed by atoms with E-state index in [1.54, 1.807) is 18.3 Å². The van der Waals surface area contributed by atoms with Gasteiger partial charge < -0.3 is 9.15 Å². The predicted molar refractivity (Wildman–Crippen MR) is 112 cm³/mol. The Labute approximate surface area is 169 Å². The second-order valence-corrected chi connectivity index (χ2v) is 6.97. The first-order valence-electron chi connectivity index (χ1n) is 8.51. The Morgan fingerprint density at radius 3 is 2.54 bits per heavy atom. The van der Waals surface area contributed by atoms with Crippen LogP contribution in [-0.2, 0) is 4.74 Å². The topological polar surface area (TPSA) is 64.7 Å². The summed E-state index contributed by atoms with van der Waals surface area (Å²) in [4.78, 5) is 20.5. The largest absolute Gasteiger partial charge is 0.465 e. The summed E-state index contributed by atoms with van der Waals surface area (Å²) >= 11 is 3.42. The van der Waals surface area contributed by atoms with E-state index in [9.17, 15) is 4.79 Å². The summed E-state index contributed by atoms with van der Waals surface area (Å²) in [5.41, 5.74) is 4.51. The van der Waals surface area contributed by atoms with E-state index in [0.717, 1.165) is 26.8 Å². The fraction of sp³-hybridized carbons (Fsp3) is 0.0455. The Morgan fingerprint density at radius 2 is 1.82 bits per heavy atom. The van der Waals surface area contributed by atoms with Crippen LogP contribution in [0, 0.1) is 0 Å². The van der Waals surface area contributed by atoms with Crippen LogP contribution in [0.1, 0.15) is 15.9 Å². The molecule has 5 nitrogen and oxygen atoms in total. The van der Waals surface area contributed by atoms with Gasteiger partial charge in [0.15, 0.2) is 5.58 Å². The van der Waals surface area contributed by atoms with Gasteiger partial charge in [0.1, 0.15) is 5.52 Å². The Morgan fingerprint density at radius 1 is 1.07 bits per heavy atom. The average Bonchev–Trinajstić information content (AvgIpc) is 3.16. The number of hydrogen-bond donors (Lipinski definition) is 0. The molecule has 4 aromatic rings. The molecule has 0 amide bonds. The number of methoxy groups -OCH3 is 1. The van der Waals surface area contributed by atoms with Crippen molar-refractivity contribution in [3.8, 4) is 11.5 Å². The van der Waals surface area contributed by atoms with Gasteiger partial charge in [0, 0.05) is 16.3 Å². The Hall–Kier alpha value is -3.25. The molecular formula is C22H15BrN2O3. The van der Waals surface area contributed by atoms with Gasteiger partial charge in [0.05, 0.1) is 18.4 Å². The molecule has 0 atom stereocenters. The van der Waals surface area contributed by atoms with Crippen molar-refractivity contribution in [1.82, 2.24) is 4.98 Å². The number of esters is 1. The smallest absolute Gasteiger partial charge is 0.337 e. The van der Waals surface area contributed by atoms with Crippen LogP contribution in [-0.4, -0.2) is 24.3 Å². The molecule has 1 heterocycles. The van der Waals surface area contributed by atoms with Gasteiger partial charge in [-0.05, 0) is 60.2 Å². The maximum atomic E-state index is 11.5. The van der Waals surface area contributed by atoms with Crippen molar-refractivity contribution in [1.29, 1.82) is 0 Å². The van der Waals surface area contributed by atoms with Gasteiger partial charge in [-0.15, -0.1) is 0 Å². The molecule has 0 saturated heterocycles. The first-order chi connectivity index (χ1) is 13.6. The maximum absolute atomic E-state index is 11.5. The van der Waals surface area contributed by atoms with Gasteiger partial charge in [-0.3, -0.25) is 4.99 Å². The fourth-order valence-electron chi connectivity index (χ4n) is 2.68. The lowest BCUT2D eigenvalue weighted by Crippen LogP contribution is -2.00. The Kier molecular flexibility index (Phi) is 5.04. The number of benzene rings is 3. The quantitative estimate of drug-likeness (QED) is 0.301. The molecule has 0 N–H and O–H groups in total. The third-order valence-electron chi connectivity index (χ3n) is 4.16. The molecule has 0 saturated carbocycles. The Bertz CT molecular complexity index is 1160. The van der Waals surface area contributed by atoms with Gasteiger partial charge in [0.2, 0.25) is 5.89 Å². The minimum absolute atomic E-state index is 0.360. The highest BCUT2D eigenvalue weighted by molar-refractivity contribution is 9.10. The fourth-order valence-corrected chi connectivity index (χ4v) is 2.95. The number of carbonyl (C=O) groups is 1. The van der Waals surface area contributed by atoms with Crippen molar-refractivity contribution in [2.75, 3.05) is 7.11 Å².